The molecule has 9 nitrogen and oxygen atoms in total. The Morgan fingerprint density at radius 1 is 1.17 bits per heavy atom. The van der Waals surface area contributed by atoms with Gasteiger partial charge < -0.3 is 14.8 Å². The number of carbonyl (C=O) groups excluding carboxylic acids is 2. The molecule has 1 aliphatic rings. The molecule has 5 rings (SSSR count). The topological polar surface area (TPSA) is 88.3 Å². The van der Waals surface area contributed by atoms with Gasteiger partial charge in [0.2, 0.25) is 0 Å². The van der Waals surface area contributed by atoms with E-state index in [2.05, 4.69) is 15.6 Å². The number of rotatable bonds is 6. The second-order valence-electron chi connectivity index (χ2n) is 9.45. The monoisotopic (exact) mass is 505 g/mol. The molecule has 0 saturated carbocycles. The van der Waals surface area contributed by atoms with E-state index < -0.39 is 6.04 Å². The van der Waals surface area contributed by atoms with Crippen LogP contribution >= 0.6 is 11.6 Å². The van der Waals surface area contributed by atoms with E-state index in [0.29, 0.717) is 34.9 Å². The first-order chi connectivity index (χ1) is 17.2. The van der Waals surface area contributed by atoms with Gasteiger partial charge in [-0.1, -0.05) is 28.9 Å². The third kappa shape index (κ3) is 3.94. The number of aromatic nitrogens is 4. The van der Waals surface area contributed by atoms with Crippen LogP contribution in [0.4, 0.5) is 5.69 Å². The molecule has 3 heterocycles. The Kier molecular flexibility index (Phi) is 6.05. The predicted octanol–water partition coefficient (Wildman–Crippen LogP) is 3.31. The highest BCUT2D eigenvalue weighted by molar-refractivity contribution is 6.30. The first-order valence-electron chi connectivity index (χ1n) is 11.7. The van der Waals surface area contributed by atoms with E-state index in [4.69, 9.17) is 11.6 Å². The van der Waals surface area contributed by atoms with Gasteiger partial charge in [0.15, 0.2) is 0 Å². The minimum atomic E-state index is -0.434. The fourth-order valence-electron chi connectivity index (χ4n) is 4.85. The summed E-state index contributed by atoms with van der Waals surface area (Å²) in [5.74, 6) is -0.488. The van der Waals surface area contributed by atoms with Gasteiger partial charge in [-0.3, -0.25) is 14.5 Å². The van der Waals surface area contributed by atoms with Gasteiger partial charge in [-0.05, 0) is 56.4 Å². The van der Waals surface area contributed by atoms with E-state index in [-0.39, 0.29) is 11.8 Å². The van der Waals surface area contributed by atoms with E-state index >= 15 is 0 Å². The lowest BCUT2D eigenvalue weighted by atomic mass is 10.0. The normalized spacial score (nSPS) is 15.2. The lowest BCUT2D eigenvalue weighted by Crippen LogP contribution is -2.33. The molecule has 1 aliphatic heterocycles. The van der Waals surface area contributed by atoms with Crippen molar-refractivity contribution in [1.82, 2.24) is 29.8 Å². The lowest BCUT2D eigenvalue weighted by molar-refractivity contribution is 0.0934. The van der Waals surface area contributed by atoms with Crippen LogP contribution in [0.2, 0.25) is 5.02 Å². The van der Waals surface area contributed by atoms with Crippen LogP contribution < -0.4 is 10.2 Å². The van der Waals surface area contributed by atoms with Crippen molar-refractivity contribution in [3.63, 3.8) is 0 Å². The van der Waals surface area contributed by atoms with E-state index in [9.17, 15) is 9.59 Å². The van der Waals surface area contributed by atoms with Crippen molar-refractivity contribution < 1.29 is 9.59 Å². The smallest absolute Gasteiger partial charge is 0.261 e. The van der Waals surface area contributed by atoms with Gasteiger partial charge in [0, 0.05) is 44.1 Å². The van der Waals surface area contributed by atoms with Gasteiger partial charge in [0.1, 0.15) is 11.6 Å². The number of hydrogen-bond donors (Lipinski definition) is 1. The fourth-order valence-corrected chi connectivity index (χ4v) is 4.98. The molecule has 4 aromatic rings. The minimum absolute atomic E-state index is 0.225. The molecule has 186 valence electrons. The Bertz CT molecular complexity index is 1490. The van der Waals surface area contributed by atoms with Crippen LogP contribution in [0.15, 0.2) is 42.6 Å². The Hall–Kier alpha value is -3.69. The van der Waals surface area contributed by atoms with E-state index in [0.717, 1.165) is 27.9 Å². The second-order valence-corrected chi connectivity index (χ2v) is 9.88. The number of likely N-dealkylation sites (N-methyl/N-ethyl adjacent to an activating group) is 1. The molecule has 10 heteroatoms. The van der Waals surface area contributed by atoms with Crippen molar-refractivity contribution in [2.75, 3.05) is 32.1 Å². The summed E-state index contributed by atoms with van der Waals surface area (Å²) in [6.45, 7) is 3.14. The lowest BCUT2D eigenvalue weighted by Gasteiger charge is -2.27. The molecule has 0 saturated heterocycles. The van der Waals surface area contributed by atoms with Crippen LogP contribution in [-0.4, -0.2) is 63.5 Å². The van der Waals surface area contributed by atoms with Gasteiger partial charge in [-0.2, -0.15) is 0 Å². The molecule has 1 atom stereocenters. The molecular weight excluding hydrogens is 478 g/mol. The zero-order valence-electron chi connectivity index (χ0n) is 20.9. The molecular formula is C26H28ClN7O2. The summed E-state index contributed by atoms with van der Waals surface area (Å²) in [6, 6.07) is 10.9. The first-order valence-corrected chi connectivity index (χ1v) is 12.1. The largest absolute Gasteiger partial charge is 0.351 e. The average molecular weight is 506 g/mol. The third-order valence-electron chi connectivity index (χ3n) is 6.62. The quantitative estimate of drug-likeness (QED) is 0.434. The molecule has 1 unspecified atom stereocenters. The molecule has 2 aromatic heterocycles. The summed E-state index contributed by atoms with van der Waals surface area (Å²) in [4.78, 5) is 31.0. The first kappa shape index (κ1) is 24.0. The highest BCUT2D eigenvalue weighted by Gasteiger charge is 2.44. The number of halogens is 1. The van der Waals surface area contributed by atoms with Crippen LogP contribution in [0.25, 0.3) is 11.0 Å². The van der Waals surface area contributed by atoms with E-state index in [1.165, 1.54) is 0 Å². The highest BCUT2D eigenvalue weighted by Crippen LogP contribution is 2.44. The van der Waals surface area contributed by atoms with Crippen LogP contribution in [0, 0.1) is 6.92 Å². The maximum atomic E-state index is 14.1. The van der Waals surface area contributed by atoms with Gasteiger partial charge in [0.05, 0.1) is 22.3 Å². The number of fused-ring (bicyclic) bond motifs is 2. The number of anilines is 1. The zero-order chi connectivity index (χ0) is 25.7. The van der Waals surface area contributed by atoms with Crippen molar-refractivity contribution in [3.8, 4) is 0 Å². The van der Waals surface area contributed by atoms with Crippen LogP contribution in [0.5, 0.6) is 0 Å². The summed E-state index contributed by atoms with van der Waals surface area (Å²) in [6.07, 6.45) is 1.74. The number of aryl methyl sites for hydroxylation is 3. The third-order valence-corrected chi connectivity index (χ3v) is 6.88. The molecule has 1 N–H and O–H groups in total. The van der Waals surface area contributed by atoms with E-state index in [1.807, 2.05) is 81.0 Å². The van der Waals surface area contributed by atoms with Crippen LogP contribution in [0.1, 0.15) is 43.6 Å². The Morgan fingerprint density at radius 3 is 2.58 bits per heavy atom. The van der Waals surface area contributed by atoms with Gasteiger partial charge in [-0.25, -0.2) is 4.68 Å². The van der Waals surface area contributed by atoms with Crippen LogP contribution in [-0.2, 0) is 14.1 Å². The van der Waals surface area contributed by atoms with Crippen molar-refractivity contribution in [3.05, 3.63) is 75.6 Å². The van der Waals surface area contributed by atoms with Crippen molar-refractivity contribution >= 4 is 40.1 Å². The number of hydrogen-bond acceptors (Lipinski definition) is 5. The van der Waals surface area contributed by atoms with Crippen molar-refractivity contribution in [1.29, 1.82) is 0 Å². The SMILES string of the molecule is Cc1cc(N2C(=O)c3c(C(=O)NCCN(C)C)cn(C)c3C2c2ccc(Cl)cc2)cc2c1nnn2C. The Balaban J connectivity index is 1.65. The van der Waals surface area contributed by atoms with E-state index in [1.54, 1.807) is 15.8 Å². The van der Waals surface area contributed by atoms with Gasteiger partial charge in [-0.15, -0.1) is 5.10 Å². The summed E-state index contributed by atoms with van der Waals surface area (Å²) in [5.41, 5.74) is 5.69. The van der Waals surface area contributed by atoms with Gasteiger partial charge >= 0.3 is 0 Å². The highest BCUT2D eigenvalue weighted by atomic mass is 35.5. The number of nitrogens with one attached hydrogen (secondary N) is 1. The van der Waals surface area contributed by atoms with Gasteiger partial charge in [0.25, 0.3) is 11.8 Å². The number of carbonyl (C=O) groups is 2. The molecule has 0 spiro atoms. The number of benzene rings is 2. The number of amides is 2. The van der Waals surface area contributed by atoms with Crippen molar-refractivity contribution in [2.24, 2.45) is 14.1 Å². The standard InChI is InChI=1S/C26H28ClN7O2/c1-15-12-18(13-20-22(15)29-30-33(20)5)34-23(16-6-8-17(27)9-7-16)24-21(26(34)36)19(14-32(24)4)25(35)28-10-11-31(2)3/h6-9,12-14,23H,10-11H2,1-5H3,(H,28,35). The minimum Gasteiger partial charge on any atom is -0.351 e. The number of nitrogens with zero attached hydrogens (tertiary/aromatic N) is 6. The summed E-state index contributed by atoms with van der Waals surface area (Å²) in [7, 11) is 7.59. The Labute approximate surface area is 214 Å². The van der Waals surface area contributed by atoms with Crippen molar-refractivity contribution in [2.45, 2.75) is 13.0 Å². The fraction of sp³-hybridized carbons (Fsp3) is 0.308. The molecule has 2 aromatic carbocycles. The molecule has 0 fully saturated rings. The summed E-state index contributed by atoms with van der Waals surface area (Å²) < 4.78 is 3.57. The zero-order valence-corrected chi connectivity index (χ0v) is 21.7. The molecule has 0 radical (unpaired) electrons. The molecule has 2 amide bonds. The maximum absolute atomic E-state index is 14.1. The van der Waals surface area contributed by atoms with Crippen LogP contribution in [0.3, 0.4) is 0 Å². The average Bonchev–Trinajstić information content (AvgIpc) is 3.47. The maximum Gasteiger partial charge on any atom is 0.261 e. The summed E-state index contributed by atoms with van der Waals surface area (Å²) in [5, 5.41) is 11.9. The predicted molar refractivity (Wildman–Crippen MR) is 140 cm³/mol. The molecule has 0 bridgehead atoms. The molecule has 0 aliphatic carbocycles. The second kappa shape index (κ2) is 9.07. The summed E-state index contributed by atoms with van der Waals surface area (Å²) >= 11 is 6.18. The Morgan fingerprint density at radius 2 is 1.89 bits per heavy atom. The molecule has 36 heavy (non-hydrogen) atoms.